The van der Waals surface area contributed by atoms with E-state index in [1.807, 2.05) is 13.0 Å². The number of morpholine rings is 1. The number of hydrogen-bond donors (Lipinski definition) is 1. The molecule has 2 atom stereocenters. The summed E-state index contributed by atoms with van der Waals surface area (Å²) >= 11 is 13.3. The lowest BCUT2D eigenvalue weighted by atomic mass is 10.1. The number of hydrogen-bond acceptors (Lipinski definition) is 3. The maximum atomic E-state index is 6.05. The lowest BCUT2D eigenvalue weighted by Gasteiger charge is -2.28. The van der Waals surface area contributed by atoms with Gasteiger partial charge in [0.15, 0.2) is 0 Å². The quantitative estimate of drug-likeness (QED) is 0.829. The molecule has 2 nitrogen and oxygen atoms in total. The van der Waals surface area contributed by atoms with Gasteiger partial charge < -0.3 is 10.1 Å². The van der Waals surface area contributed by atoms with Crippen LogP contribution in [-0.4, -0.2) is 19.2 Å². The van der Waals surface area contributed by atoms with E-state index < -0.39 is 0 Å². The third kappa shape index (κ3) is 2.23. The van der Waals surface area contributed by atoms with Gasteiger partial charge in [0, 0.05) is 18.7 Å². The summed E-state index contributed by atoms with van der Waals surface area (Å²) in [4.78, 5) is 0. The van der Waals surface area contributed by atoms with Crippen molar-refractivity contribution < 1.29 is 4.74 Å². The van der Waals surface area contributed by atoms with Gasteiger partial charge in [0.05, 0.1) is 16.5 Å². The maximum Gasteiger partial charge on any atom is 0.100 e. The largest absolute Gasteiger partial charge is 0.368 e. The molecule has 2 unspecified atom stereocenters. The zero-order chi connectivity index (χ0) is 10.1. The van der Waals surface area contributed by atoms with E-state index >= 15 is 0 Å². The predicted molar refractivity (Wildman–Crippen MR) is 60.5 cm³/mol. The minimum atomic E-state index is 0.0370. The first-order valence-electron chi connectivity index (χ1n) is 4.47. The third-order valence-corrected chi connectivity index (χ3v) is 3.71. The predicted octanol–water partition coefficient (Wildman–Crippen LogP) is 3.10. The highest BCUT2D eigenvalue weighted by atomic mass is 35.5. The Balaban J connectivity index is 2.17. The van der Waals surface area contributed by atoms with E-state index in [0.29, 0.717) is 4.34 Å². The van der Waals surface area contributed by atoms with E-state index in [0.717, 1.165) is 23.0 Å². The molecule has 1 aromatic heterocycles. The molecule has 1 saturated heterocycles. The Labute approximate surface area is 97.2 Å². The Kier molecular flexibility index (Phi) is 3.34. The Bertz CT molecular complexity index is 329. The highest BCUT2D eigenvalue weighted by molar-refractivity contribution is 7.20. The molecule has 5 heteroatoms. The SMILES string of the molecule is CC1CNCC(c2cc(Cl)sc2Cl)O1. The van der Waals surface area contributed by atoms with Crippen LogP contribution >= 0.6 is 34.5 Å². The van der Waals surface area contributed by atoms with Crippen molar-refractivity contribution in [1.29, 1.82) is 0 Å². The number of rotatable bonds is 1. The molecule has 2 rings (SSSR count). The normalized spacial score (nSPS) is 27.9. The van der Waals surface area contributed by atoms with E-state index in [9.17, 15) is 0 Å². The summed E-state index contributed by atoms with van der Waals surface area (Å²) in [7, 11) is 0. The summed E-state index contributed by atoms with van der Waals surface area (Å²) < 4.78 is 7.21. The van der Waals surface area contributed by atoms with E-state index in [4.69, 9.17) is 27.9 Å². The first-order chi connectivity index (χ1) is 6.66. The molecule has 78 valence electrons. The van der Waals surface area contributed by atoms with Crippen molar-refractivity contribution in [3.8, 4) is 0 Å². The van der Waals surface area contributed by atoms with Crippen LogP contribution in [0.5, 0.6) is 0 Å². The first kappa shape index (κ1) is 10.7. The molecule has 0 amide bonds. The standard InChI is InChI=1S/C9H11Cl2NOS/c1-5-3-12-4-7(13-5)6-2-8(10)14-9(6)11/h2,5,7,12H,3-4H2,1H3. The fraction of sp³-hybridized carbons (Fsp3) is 0.556. The van der Waals surface area contributed by atoms with Crippen LogP contribution in [0.15, 0.2) is 6.07 Å². The van der Waals surface area contributed by atoms with Crippen LogP contribution in [0.3, 0.4) is 0 Å². The summed E-state index contributed by atoms with van der Waals surface area (Å²) in [6.07, 6.45) is 0.262. The summed E-state index contributed by atoms with van der Waals surface area (Å²) in [5.74, 6) is 0. The van der Waals surface area contributed by atoms with Crippen LogP contribution in [0.2, 0.25) is 8.67 Å². The summed E-state index contributed by atoms with van der Waals surface area (Å²) in [6, 6.07) is 1.89. The molecule has 1 aliphatic heterocycles. The molecule has 0 aromatic carbocycles. The van der Waals surface area contributed by atoms with E-state index in [1.54, 1.807) is 0 Å². The second-order valence-corrected chi connectivity index (χ2v) is 5.66. The number of thiophene rings is 1. The zero-order valence-corrected chi connectivity index (χ0v) is 10.0. The van der Waals surface area contributed by atoms with Crippen LogP contribution in [0.4, 0.5) is 0 Å². The maximum absolute atomic E-state index is 6.05. The van der Waals surface area contributed by atoms with E-state index in [-0.39, 0.29) is 12.2 Å². The Morgan fingerprint density at radius 3 is 2.86 bits per heavy atom. The molecule has 0 spiro atoms. The topological polar surface area (TPSA) is 21.3 Å². The van der Waals surface area contributed by atoms with Gasteiger partial charge in [-0.05, 0) is 13.0 Å². The molecule has 1 aliphatic rings. The van der Waals surface area contributed by atoms with Gasteiger partial charge >= 0.3 is 0 Å². The van der Waals surface area contributed by atoms with Crippen LogP contribution in [0, 0.1) is 0 Å². The third-order valence-electron chi connectivity index (χ3n) is 2.19. The van der Waals surface area contributed by atoms with Crippen LogP contribution in [0.1, 0.15) is 18.6 Å². The Morgan fingerprint density at radius 1 is 1.50 bits per heavy atom. The highest BCUT2D eigenvalue weighted by Crippen LogP contribution is 2.37. The molecule has 1 aromatic rings. The van der Waals surface area contributed by atoms with Gasteiger partial charge in [0.2, 0.25) is 0 Å². The van der Waals surface area contributed by atoms with Gasteiger partial charge in [0.1, 0.15) is 4.34 Å². The second-order valence-electron chi connectivity index (χ2n) is 3.37. The molecule has 14 heavy (non-hydrogen) atoms. The zero-order valence-electron chi connectivity index (χ0n) is 7.72. The van der Waals surface area contributed by atoms with Crippen molar-refractivity contribution in [2.45, 2.75) is 19.1 Å². The van der Waals surface area contributed by atoms with Crippen LogP contribution in [0.25, 0.3) is 0 Å². The molecule has 0 saturated carbocycles. The lowest BCUT2D eigenvalue weighted by molar-refractivity contribution is -0.0284. The van der Waals surface area contributed by atoms with Gasteiger partial charge in [-0.15, -0.1) is 11.3 Å². The van der Waals surface area contributed by atoms with Crippen molar-refractivity contribution in [1.82, 2.24) is 5.32 Å². The average molecular weight is 252 g/mol. The summed E-state index contributed by atoms with van der Waals surface area (Å²) in [6.45, 7) is 3.74. The highest BCUT2D eigenvalue weighted by Gasteiger charge is 2.23. The van der Waals surface area contributed by atoms with Gasteiger partial charge in [-0.2, -0.15) is 0 Å². The average Bonchev–Trinajstić information content (AvgIpc) is 2.45. The first-order valence-corrected chi connectivity index (χ1v) is 6.05. The Hall–Kier alpha value is 0.200. The lowest BCUT2D eigenvalue weighted by Crippen LogP contribution is -2.38. The summed E-state index contributed by atoms with van der Waals surface area (Å²) in [5, 5.41) is 3.30. The smallest absolute Gasteiger partial charge is 0.100 e. The number of nitrogens with one attached hydrogen (secondary N) is 1. The minimum Gasteiger partial charge on any atom is -0.368 e. The summed E-state index contributed by atoms with van der Waals surface area (Å²) in [5.41, 5.74) is 1.00. The van der Waals surface area contributed by atoms with Crippen molar-refractivity contribution in [2.24, 2.45) is 0 Å². The molecule has 1 N–H and O–H groups in total. The van der Waals surface area contributed by atoms with Crippen LogP contribution < -0.4 is 5.32 Å². The molecule has 1 fully saturated rings. The van der Waals surface area contributed by atoms with Crippen molar-refractivity contribution in [3.05, 3.63) is 20.3 Å². The fourth-order valence-electron chi connectivity index (χ4n) is 1.55. The monoisotopic (exact) mass is 251 g/mol. The molecule has 0 radical (unpaired) electrons. The van der Waals surface area contributed by atoms with Crippen molar-refractivity contribution >= 4 is 34.5 Å². The molecule has 0 bridgehead atoms. The second kappa shape index (κ2) is 4.37. The van der Waals surface area contributed by atoms with Crippen LogP contribution in [-0.2, 0) is 4.74 Å². The van der Waals surface area contributed by atoms with Gasteiger partial charge in [-0.3, -0.25) is 0 Å². The Morgan fingerprint density at radius 2 is 2.29 bits per heavy atom. The molecular formula is C9H11Cl2NOS. The van der Waals surface area contributed by atoms with Gasteiger partial charge in [0.25, 0.3) is 0 Å². The van der Waals surface area contributed by atoms with E-state index in [2.05, 4.69) is 5.32 Å². The van der Waals surface area contributed by atoms with Crippen molar-refractivity contribution in [2.75, 3.05) is 13.1 Å². The number of ether oxygens (including phenoxy) is 1. The molecule has 0 aliphatic carbocycles. The minimum absolute atomic E-state index is 0.0370. The van der Waals surface area contributed by atoms with Gasteiger partial charge in [-0.1, -0.05) is 23.2 Å². The van der Waals surface area contributed by atoms with Gasteiger partial charge in [-0.25, -0.2) is 0 Å². The number of halogens is 2. The van der Waals surface area contributed by atoms with Crippen molar-refractivity contribution in [3.63, 3.8) is 0 Å². The molecular weight excluding hydrogens is 241 g/mol. The van der Waals surface area contributed by atoms with E-state index in [1.165, 1.54) is 11.3 Å². The fourth-order valence-corrected chi connectivity index (χ4v) is 3.11. The molecule has 2 heterocycles.